The molecule has 1 aliphatic rings. The Morgan fingerprint density at radius 2 is 1.88 bits per heavy atom. The Labute approximate surface area is 143 Å². The normalized spacial score (nSPS) is 18.2. The number of hydrogen-bond acceptors (Lipinski definition) is 5. The lowest BCUT2D eigenvalue weighted by Gasteiger charge is -2.32. The average molecular weight is 353 g/mol. The molecule has 1 amide bonds. The Morgan fingerprint density at radius 1 is 1.25 bits per heavy atom. The molecule has 132 valence electrons. The summed E-state index contributed by atoms with van der Waals surface area (Å²) in [7, 11) is -4.06. The van der Waals surface area contributed by atoms with Crippen LogP contribution in [0.25, 0.3) is 0 Å². The number of sulfonamides is 1. The lowest BCUT2D eigenvalue weighted by atomic mass is 10.2. The molecule has 0 radical (unpaired) electrons. The molecule has 0 saturated heterocycles. The van der Waals surface area contributed by atoms with Gasteiger partial charge in [0.25, 0.3) is 10.0 Å². The van der Waals surface area contributed by atoms with Crippen molar-refractivity contribution in [1.82, 2.24) is 4.31 Å². The van der Waals surface area contributed by atoms with Crippen LogP contribution in [0, 0.1) is 6.92 Å². The van der Waals surface area contributed by atoms with Gasteiger partial charge in [-0.25, -0.2) is 13.2 Å². The third-order valence-electron chi connectivity index (χ3n) is 3.31. The quantitative estimate of drug-likeness (QED) is 0.781. The maximum absolute atomic E-state index is 13.0. The van der Waals surface area contributed by atoms with E-state index in [1.165, 1.54) is 12.1 Å². The Bertz CT molecular complexity index is 716. The van der Waals surface area contributed by atoms with Gasteiger partial charge < -0.3 is 9.47 Å². The van der Waals surface area contributed by atoms with Crippen LogP contribution in [0.3, 0.4) is 0 Å². The first-order chi connectivity index (χ1) is 11.1. The third-order valence-corrected chi connectivity index (χ3v) is 5.12. The van der Waals surface area contributed by atoms with Crippen LogP contribution in [0.15, 0.2) is 41.3 Å². The van der Waals surface area contributed by atoms with Crippen LogP contribution in [0.1, 0.15) is 26.3 Å². The van der Waals surface area contributed by atoms with Gasteiger partial charge in [0, 0.05) is 0 Å². The Kier molecular flexibility index (Phi) is 5.35. The smallest absolute Gasteiger partial charge is 0.425 e. The summed E-state index contributed by atoms with van der Waals surface area (Å²) >= 11 is 0. The number of amides is 1. The molecule has 0 bridgehead atoms. The zero-order chi connectivity index (χ0) is 18.0. The molecular weight excluding hydrogens is 330 g/mol. The molecule has 1 aromatic carbocycles. The molecule has 0 fully saturated rings. The number of carbonyl (C=O) groups excluding carboxylic acids is 1. The van der Waals surface area contributed by atoms with E-state index in [9.17, 15) is 13.2 Å². The Hall–Kier alpha value is -1.86. The maximum atomic E-state index is 13.0. The lowest BCUT2D eigenvalue weighted by molar-refractivity contribution is 0.0277. The van der Waals surface area contributed by atoms with Crippen molar-refractivity contribution in [3.8, 4) is 0 Å². The summed E-state index contributed by atoms with van der Waals surface area (Å²) in [5, 5.41) is 0. The van der Waals surface area contributed by atoms with Crippen LogP contribution in [-0.2, 0) is 19.5 Å². The largest absolute Gasteiger partial charge is 0.443 e. The fourth-order valence-electron chi connectivity index (χ4n) is 2.21. The molecule has 6 nitrogen and oxygen atoms in total. The number of carbonyl (C=O) groups is 1. The highest BCUT2D eigenvalue weighted by molar-refractivity contribution is 7.89. The van der Waals surface area contributed by atoms with Crippen LogP contribution < -0.4 is 0 Å². The van der Waals surface area contributed by atoms with Crippen molar-refractivity contribution in [3.63, 3.8) is 0 Å². The minimum absolute atomic E-state index is 0.0398. The number of rotatable bonds is 3. The first-order valence-corrected chi connectivity index (χ1v) is 9.14. The van der Waals surface area contributed by atoms with Crippen molar-refractivity contribution in [2.45, 2.75) is 44.2 Å². The van der Waals surface area contributed by atoms with Gasteiger partial charge in [-0.3, -0.25) is 0 Å². The standard InChI is InChI=1S/C17H23NO5S/c1-13-7-9-15(10-8-13)24(20,21)18(14-6-5-11-22-12-14)16(19)23-17(2,3)4/h5-10,14H,11-12H2,1-4H3. The second kappa shape index (κ2) is 6.94. The predicted octanol–water partition coefficient (Wildman–Crippen LogP) is 2.88. The molecule has 2 rings (SSSR count). The van der Waals surface area contributed by atoms with Crippen molar-refractivity contribution in [1.29, 1.82) is 0 Å². The number of aryl methyl sites for hydroxylation is 1. The lowest BCUT2D eigenvalue weighted by Crippen LogP contribution is -2.48. The van der Waals surface area contributed by atoms with Gasteiger partial charge in [0.2, 0.25) is 0 Å². The van der Waals surface area contributed by atoms with Crippen molar-refractivity contribution < 1.29 is 22.7 Å². The van der Waals surface area contributed by atoms with Crippen molar-refractivity contribution in [2.24, 2.45) is 0 Å². The van der Waals surface area contributed by atoms with Gasteiger partial charge in [-0.1, -0.05) is 29.8 Å². The Balaban J connectivity index is 2.44. The predicted molar refractivity (Wildman–Crippen MR) is 90.2 cm³/mol. The monoisotopic (exact) mass is 353 g/mol. The van der Waals surface area contributed by atoms with E-state index in [0.29, 0.717) is 6.61 Å². The van der Waals surface area contributed by atoms with Crippen LogP contribution in [-0.4, -0.2) is 43.7 Å². The van der Waals surface area contributed by atoms with E-state index >= 15 is 0 Å². The first-order valence-electron chi connectivity index (χ1n) is 7.70. The summed E-state index contributed by atoms with van der Waals surface area (Å²) in [4.78, 5) is 12.6. The zero-order valence-corrected chi connectivity index (χ0v) is 15.2. The zero-order valence-electron chi connectivity index (χ0n) is 14.4. The molecule has 24 heavy (non-hydrogen) atoms. The van der Waals surface area contributed by atoms with E-state index in [0.717, 1.165) is 9.87 Å². The van der Waals surface area contributed by atoms with Crippen LogP contribution in [0.4, 0.5) is 4.79 Å². The van der Waals surface area contributed by atoms with Crippen molar-refractivity contribution >= 4 is 16.1 Å². The van der Waals surface area contributed by atoms with Gasteiger partial charge >= 0.3 is 6.09 Å². The summed E-state index contributed by atoms with van der Waals surface area (Å²) in [6.45, 7) is 7.42. The third kappa shape index (κ3) is 4.36. The van der Waals surface area contributed by atoms with E-state index < -0.39 is 27.8 Å². The summed E-state index contributed by atoms with van der Waals surface area (Å²) in [5.41, 5.74) is 0.121. The molecular formula is C17H23NO5S. The highest BCUT2D eigenvalue weighted by atomic mass is 32.2. The van der Waals surface area contributed by atoms with Crippen LogP contribution in [0.2, 0.25) is 0 Å². The average Bonchev–Trinajstić information content (AvgIpc) is 2.46. The first kappa shape index (κ1) is 18.5. The second-order valence-corrected chi connectivity index (χ2v) is 8.44. The second-order valence-electron chi connectivity index (χ2n) is 6.63. The van der Waals surface area contributed by atoms with Crippen molar-refractivity contribution in [2.75, 3.05) is 13.2 Å². The molecule has 0 saturated carbocycles. The SMILES string of the molecule is Cc1ccc(S(=O)(=O)N(C(=O)OC(C)(C)C)C2C=CCOC2)cc1. The molecule has 1 aliphatic heterocycles. The van der Waals surface area contributed by atoms with E-state index in [4.69, 9.17) is 9.47 Å². The van der Waals surface area contributed by atoms with Gasteiger partial charge in [-0.05, 0) is 39.8 Å². The topological polar surface area (TPSA) is 72.9 Å². The summed E-state index contributed by atoms with van der Waals surface area (Å²) in [6, 6.07) is 5.60. The van der Waals surface area contributed by atoms with Gasteiger partial charge in [-0.15, -0.1) is 0 Å². The summed E-state index contributed by atoms with van der Waals surface area (Å²) in [6.07, 6.45) is 2.43. The fraction of sp³-hybridized carbons (Fsp3) is 0.471. The minimum atomic E-state index is -4.06. The summed E-state index contributed by atoms with van der Waals surface area (Å²) in [5.74, 6) is 0. The van der Waals surface area contributed by atoms with E-state index in [1.807, 2.05) is 6.92 Å². The van der Waals surface area contributed by atoms with E-state index in [-0.39, 0.29) is 11.5 Å². The molecule has 1 aromatic rings. The number of nitrogens with zero attached hydrogens (tertiary/aromatic N) is 1. The summed E-state index contributed by atoms with van der Waals surface area (Å²) < 4.78 is 37.4. The maximum Gasteiger partial charge on any atom is 0.425 e. The molecule has 1 atom stereocenters. The van der Waals surface area contributed by atoms with Gasteiger partial charge in [0.05, 0.1) is 24.2 Å². The van der Waals surface area contributed by atoms with E-state index in [2.05, 4.69) is 0 Å². The van der Waals surface area contributed by atoms with Crippen LogP contribution >= 0.6 is 0 Å². The number of hydrogen-bond donors (Lipinski definition) is 0. The van der Waals surface area contributed by atoms with Gasteiger partial charge in [-0.2, -0.15) is 4.31 Å². The van der Waals surface area contributed by atoms with Gasteiger partial charge in [0.1, 0.15) is 5.60 Å². The minimum Gasteiger partial charge on any atom is -0.443 e. The van der Waals surface area contributed by atoms with Crippen LogP contribution in [0.5, 0.6) is 0 Å². The molecule has 0 N–H and O–H groups in total. The molecule has 1 unspecified atom stereocenters. The molecule has 1 heterocycles. The number of ether oxygens (including phenoxy) is 2. The van der Waals surface area contributed by atoms with Gasteiger partial charge in [0.15, 0.2) is 0 Å². The highest BCUT2D eigenvalue weighted by Crippen LogP contribution is 2.24. The van der Waals surface area contributed by atoms with E-state index in [1.54, 1.807) is 45.1 Å². The fourth-order valence-corrected chi connectivity index (χ4v) is 3.64. The molecule has 7 heteroatoms. The molecule has 0 aliphatic carbocycles. The Morgan fingerprint density at radius 3 is 2.38 bits per heavy atom. The highest BCUT2D eigenvalue weighted by Gasteiger charge is 2.38. The molecule has 0 aromatic heterocycles. The molecule has 0 spiro atoms. The number of benzene rings is 1. The van der Waals surface area contributed by atoms with Crippen molar-refractivity contribution in [3.05, 3.63) is 42.0 Å².